The number of esters is 4. The van der Waals surface area contributed by atoms with Crippen molar-refractivity contribution < 1.29 is 38.1 Å². The van der Waals surface area contributed by atoms with Crippen LogP contribution in [0, 0.1) is 0 Å². The Kier molecular flexibility index (Phi) is 10.6. The fraction of sp³-hybridized carbons (Fsp3) is 0.143. The first kappa shape index (κ1) is 27.5. The zero-order chi connectivity index (χ0) is 26.5. The molecule has 0 N–H and O–H groups in total. The molecule has 36 heavy (non-hydrogen) atoms. The topological polar surface area (TPSA) is 105 Å². The van der Waals surface area contributed by atoms with Crippen molar-refractivity contribution in [1.29, 1.82) is 0 Å². The van der Waals surface area contributed by atoms with Crippen LogP contribution in [-0.2, 0) is 18.9 Å². The standard InChI is InChI=1S/C28H26O8/c1-5-15-33-25(29)21-13-9-11-19(23(21)27(31)35-17-7-3)20-12-10-14-22(26(30)34-16-6-2)24(20)28(32)36-18-8-4/h5-14H,1-4,15-18H2. The summed E-state index contributed by atoms with van der Waals surface area (Å²) in [6.45, 7) is 13.6. The summed E-state index contributed by atoms with van der Waals surface area (Å²) >= 11 is 0. The largest absolute Gasteiger partial charge is 0.458 e. The molecule has 8 nitrogen and oxygen atoms in total. The predicted molar refractivity (Wildman–Crippen MR) is 134 cm³/mol. The Morgan fingerprint density at radius 1 is 0.528 bits per heavy atom. The van der Waals surface area contributed by atoms with Gasteiger partial charge in [0.2, 0.25) is 0 Å². The van der Waals surface area contributed by atoms with Gasteiger partial charge in [-0.2, -0.15) is 0 Å². The highest BCUT2D eigenvalue weighted by atomic mass is 16.5. The van der Waals surface area contributed by atoms with Crippen LogP contribution in [0.15, 0.2) is 87.0 Å². The lowest BCUT2D eigenvalue weighted by molar-refractivity contribution is 0.0501. The highest BCUT2D eigenvalue weighted by molar-refractivity contribution is 6.12. The molecule has 0 aliphatic heterocycles. The van der Waals surface area contributed by atoms with Gasteiger partial charge in [0.1, 0.15) is 26.4 Å². The lowest BCUT2D eigenvalue weighted by Gasteiger charge is -2.17. The lowest BCUT2D eigenvalue weighted by atomic mass is 9.90. The quantitative estimate of drug-likeness (QED) is 0.226. The molecule has 8 heteroatoms. The highest BCUT2D eigenvalue weighted by Gasteiger charge is 2.29. The maximum absolute atomic E-state index is 13.1. The first-order valence-electron chi connectivity index (χ1n) is 10.8. The molecule has 0 saturated heterocycles. The third-order valence-electron chi connectivity index (χ3n) is 4.60. The molecule has 0 amide bonds. The van der Waals surface area contributed by atoms with Crippen molar-refractivity contribution >= 4 is 23.9 Å². The summed E-state index contributed by atoms with van der Waals surface area (Å²) in [6, 6.07) is 8.80. The number of carbonyl (C=O) groups is 4. The van der Waals surface area contributed by atoms with Gasteiger partial charge in [0.15, 0.2) is 0 Å². The fourth-order valence-corrected chi connectivity index (χ4v) is 3.17. The van der Waals surface area contributed by atoms with Crippen LogP contribution in [-0.4, -0.2) is 50.3 Å². The Bertz CT molecular complexity index is 1100. The summed E-state index contributed by atoms with van der Waals surface area (Å²) in [4.78, 5) is 51.7. The molecule has 0 heterocycles. The summed E-state index contributed by atoms with van der Waals surface area (Å²) in [5.74, 6) is -3.33. The molecule has 0 aliphatic rings. The van der Waals surface area contributed by atoms with Gasteiger partial charge in [-0.3, -0.25) is 0 Å². The summed E-state index contributed by atoms with van der Waals surface area (Å²) in [5, 5.41) is 0. The van der Waals surface area contributed by atoms with E-state index >= 15 is 0 Å². The van der Waals surface area contributed by atoms with Crippen molar-refractivity contribution in [1.82, 2.24) is 0 Å². The smallest absolute Gasteiger partial charge is 0.339 e. The number of rotatable bonds is 13. The SMILES string of the molecule is C=CCOC(=O)c1cccc(-c2cccc(C(=O)OCC=C)c2C(=O)OCC=C)c1C(=O)OCC=C. The van der Waals surface area contributed by atoms with Gasteiger partial charge >= 0.3 is 23.9 Å². The maximum Gasteiger partial charge on any atom is 0.339 e. The van der Waals surface area contributed by atoms with Gasteiger partial charge in [-0.05, 0) is 23.3 Å². The second-order valence-electron chi connectivity index (χ2n) is 7.00. The van der Waals surface area contributed by atoms with Crippen molar-refractivity contribution in [3.63, 3.8) is 0 Å². The van der Waals surface area contributed by atoms with E-state index in [1.807, 2.05) is 0 Å². The maximum atomic E-state index is 13.1. The van der Waals surface area contributed by atoms with Crippen LogP contribution >= 0.6 is 0 Å². The zero-order valence-electron chi connectivity index (χ0n) is 19.7. The number of hydrogen-bond acceptors (Lipinski definition) is 8. The van der Waals surface area contributed by atoms with E-state index in [1.54, 1.807) is 0 Å². The molecule has 0 aliphatic carbocycles. The number of carbonyl (C=O) groups excluding carboxylic acids is 4. The molecule has 0 unspecified atom stereocenters. The second kappa shape index (κ2) is 13.9. The van der Waals surface area contributed by atoms with Gasteiger partial charge in [0.05, 0.1) is 22.3 Å². The van der Waals surface area contributed by atoms with Crippen molar-refractivity contribution in [2.75, 3.05) is 26.4 Å². The van der Waals surface area contributed by atoms with E-state index in [9.17, 15) is 19.2 Å². The molecule has 0 atom stereocenters. The van der Waals surface area contributed by atoms with Gasteiger partial charge < -0.3 is 18.9 Å². The highest BCUT2D eigenvalue weighted by Crippen LogP contribution is 2.33. The minimum atomic E-state index is -0.860. The van der Waals surface area contributed by atoms with E-state index in [-0.39, 0.29) is 59.8 Å². The number of benzene rings is 2. The van der Waals surface area contributed by atoms with Crippen LogP contribution < -0.4 is 0 Å². The summed E-state index contributed by atoms with van der Waals surface area (Å²) < 4.78 is 20.7. The summed E-state index contributed by atoms with van der Waals surface area (Å²) in [7, 11) is 0. The summed E-state index contributed by atoms with van der Waals surface area (Å²) in [5.41, 5.74) is -0.255. The molecule has 186 valence electrons. The lowest BCUT2D eigenvalue weighted by Crippen LogP contribution is -2.18. The van der Waals surface area contributed by atoms with Gasteiger partial charge in [0, 0.05) is 0 Å². The second-order valence-corrected chi connectivity index (χ2v) is 7.00. The van der Waals surface area contributed by atoms with E-state index in [0.29, 0.717) is 0 Å². The van der Waals surface area contributed by atoms with Crippen LogP contribution in [0.1, 0.15) is 41.4 Å². The minimum absolute atomic E-state index is 0.0893. The van der Waals surface area contributed by atoms with Gasteiger partial charge in [0.25, 0.3) is 0 Å². The first-order valence-corrected chi connectivity index (χ1v) is 10.8. The molecule has 0 spiro atoms. The van der Waals surface area contributed by atoms with Crippen molar-refractivity contribution in [3.05, 3.63) is 109 Å². The van der Waals surface area contributed by atoms with E-state index in [4.69, 9.17) is 18.9 Å². The molecule has 0 aromatic heterocycles. The molecular weight excluding hydrogens is 464 g/mol. The summed E-state index contributed by atoms with van der Waals surface area (Å²) in [6.07, 6.45) is 5.49. The Hall–Kier alpha value is -4.72. The molecule has 0 bridgehead atoms. The molecule has 2 rings (SSSR count). The van der Waals surface area contributed by atoms with Crippen molar-refractivity contribution in [2.45, 2.75) is 0 Å². The van der Waals surface area contributed by atoms with Crippen molar-refractivity contribution in [3.8, 4) is 11.1 Å². The molecular formula is C28H26O8. The minimum Gasteiger partial charge on any atom is -0.458 e. The average Bonchev–Trinajstić information content (AvgIpc) is 2.90. The Morgan fingerprint density at radius 3 is 1.14 bits per heavy atom. The van der Waals surface area contributed by atoms with Crippen molar-refractivity contribution in [2.24, 2.45) is 0 Å². The normalized spacial score (nSPS) is 9.89. The number of ether oxygens (including phenoxy) is 4. The Balaban J connectivity index is 2.83. The van der Waals surface area contributed by atoms with Crippen LogP contribution in [0.25, 0.3) is 11.1 Å². The van der Waals surface area contributed by atoms with Crippen LogP contribution in [0.5, 0.6) is 0 Å². The van der Waals surface area contributed by atoms with Crippen LogP contribution in [0.2, 0.25) is 0 Å². The van der Waals surface area contributed by atoms with Crippen LogP contribution in [0.3, 0.4) is 0 Å². The van der Waals surface area contributed by atoms with Crippen LogP contribution in [0.4, 0.5) is 0 Å². The van der Waals surface area contributed by atoms with E-state index in [2.05, 4.69) is 26.3 Å². The average molecular weight is 491 g/mol. The van der Waals surface area contributed by atoms with E-state index < -0.39 is 23.9 Å². The zero-order valence-corrected chi connectivity index (χ0v) is 19.7. The monoisotopic (exact) mass is 490 g/mol. The molecule has 0 fully saturated rings. The first-order chi connectivity index (χ1) is 17.4. The molecule has 2 aromatic rings. The Morgan fingerprint density at radius 2 is 0.833 bits per heavy atom. The fourth-order valence-electron chi connectivity index (χ4n) is 3.17. The third-order valence-corrected chi connectivity index (χ3v) is 4.60. The molecule has 2 aromatic carbocycles. The predicted octanol–water partition coefficient (Wildman–Crippen LogP) is 4.72. The van der Waals surface area contributed by atoms with Gasteiger partial charge in [-0.15, -0.1) is 0 Å². The number of hydrogen-bond donors (Lipinski definition) is 0. The van der Waals surface area contributed by atoms with Gasteiger partial charge in [-0.1, -0.05) is 74.9 Å². The third kappa shape index (κ3) is 6.66. The Labute approximate surface area is 209 Å². The van der Waals surface area contributed by atoms with Gasteiger partial charge in [-0.25, -0.2) is 19.2 Å². The molecule has 0 saturated carbocycles. The van der Waals surface area contributed by atoms with E-state index in [0.717, 1.165) is 0 Å². The molecule has 0 radical (unpaired) electrons. The van der Waals surface area contributed by atoms with E-state index in [1.165, 1.54) is 60.7 Å².